The minimum atomic E-state index is 0.485. The fourth-order valence-corrected chi connectivity index (χ4v) is 0.673. The van der Waals surface area contributed by atoms with Crippen LogP contribution >= 0.6 is 0 Å². The summed E-state index contributed by atoms with van der Waals surface area (Å²) in [6, 6.07) is 0. The Hall–Kier alpha value is -0.940. The number of hydrogen-bond donors (Lipinski definition) is 1. The lowest BCUT2D eigenvalue weighted by Gasteiger charge is -1.90. The predicted octanol–water partition coefficient (Wildman–Crippen LogP) is -0.752. The molecule has 0 unspecified atom stereocenters. The average molecular weight is 142 g/mol. The highest BCUT2D eigenvalue weighted by molar-refractivity contribution is 4.91. The first kappa shape index (κ1) is 7.17. The molecule has 0 radical (unpaired) electrons. The van der Waals surface area contributed by atoms with Gasteiger partial charge in [-0.25, -0.2) is 5.90 Å². The average Bonchev–Trinajstić information content (AvgIpc) is 2.31. The van der Waals surface area contributed by atoms with E-state index in [0.29, 0.717) is 13.0 Å². The topological polar surface area (TPSA) is 66.0 Å². The number of nitrogens with two attached hydrogens (primary N) is 1. The zero-order valence-corrected chi connectivity index (χ0v) is 5.82. The molecule has 0 aromatic carbocycles. The molecule has 0 bridgehead atoms. The van der Waals surface area contributed by atoms with Crippen LogP contribution in [0.2, 0.25) is 0 Å². The third kappa shape index (κ3) is 1.78. The van der Waals surface area contributed by atoms with Crippen LogP contribution in [-0.4, -0.2) is 21.6 Å². The zero-order chi connectivity index (χ0) is 7.40. The van der Waals surface area contributed by atoms with E-state index < -0.39 is 0 Å². The normalized spacial score (nSPS) is 10.2. The first-order chi connectivity index (χ1) is 4.83. The Morgan fingerprint density at radius 3 is 3.10 bits per heavy atom. The van der Waals surface area contributed by atoms with Crippen molar-refractivity contribution in [2.24, 2.45) is 12.9 Å². The van der Waals surface area contributed by atoms with Crippen LogP contribution in [0.4, 0.5) is 0 Å². The van der Waals surface area contributed by atoms with Crippen LogP contribution in [0.5, 0.6) is 0 Å². The lowest BCUT2D eigenvalue weighted by Crippen LogP contribution is -2.03. The number of rotatable bonds is 3. The van der Waals surface area contributed by atoms with Crippen LogP contribution in [-0.2, 0) is 18.3 Å². The first-order valence-electron chi connectivity index (χ1n) is 3.00. The fraction of sp³-hybridized carbons (Fsp3) is 0.600. The van der Waals surface area contributed by atoms with Crippen molar-refractivity contribution in [3.05, 3.63) is 11.9 Å². The Balaban J connectivity index is 2.42. The van der Waals surface area contributed by atoms with Crippen LogP contribution in [0.25, 0.3) is 0 Å². The second kappa shape index (κ2) is 3.28. The maximum atomic E-state index is 4.83. The molecule has 1 aromatic heterocycles. The summed E-state index contributed by atoms with van der Waals surface area (Å²) in [5, 5.41) is 7.57. The van der Waals surface area contributed by atoms with E-state index in [9.17, 15) is 0 Å². The van der Waals surface area contributed by atoms with Gasteiger partial charge < -0.3 is 4.84 Å². The number of hydrogen-bond acceptors (Lipinski definition) is 4. The molecule has 0 aliphatic rings. The zero-order valence-electron chi connectivity index (χ0n) is 5.82. The molecule has 0 atom stereocenters. The van der Waals surface area contributed by atoms with Gasteiger partial charge in [0.05, 0.1) is 12.3 Å². The molecule has 0 amide bonds. The van der Waals surface area contributed by atoms with E-state index in [0.717, 1.165) is 5.69 Å². The minimum absolute atomic E-state index is 0.485. The van der Waals surface area contributed by atoms with Gasteiger partial charge in [0, 0.05) is 19.7 Å². The Kier molecular flexibility index (Phi) is 2.35. The van der Waals surface area contributed by atoms with Gasteiger partial charge in [-0.2, -0.15) is 0 Å². The van der Waals surface area contributed by atoms with Crippen LogP contribution in [0.1, 0.15) is 5.69 Å². The Morgan fingerprint density at radius 1 is 1.80 bits per heavy atom. The Morgan fingerprint density at radius 2 is 2.60 bits per heavy atom. The number of nitrogens with zero attached hydrogens (tertiary/aromatic N) is 3. The minimum Gasteiger partial charge on any atom is -0.304 e. The standard InChI is InChI=1S/C5H10N4O/c1-9-4-5(7-8-9)2-3-10-6/h4H,2-3,6H2,1H3. The lowest BCUT2D eigenvalue weighted by molar-refractivity contribution is 0.140. The maximum Gasteiger partial charge on any atom is 0.0850 e. The summed E-state index contributed by atoms with van der Waals surface area (Å²) >= 11 is 0. The fourth-order valence-electron chi connectivity index (χ4n) is 0.673. The van der Waals surface area contributed by atoms with Crippen LogP contribution < -0.4 is 5.90 Å². The second-order valence-electron chi connectivity index (χ2n) is 2.00. The maximum absolute atomic E-state index is 4.83. The first-order valence-corrected chi connectivity index (χ1v) is 3.00. The van der Waals surface area contributed by atoms with Crippen LogP contribution in [0.3, 0.4) is 0 Å². The molecule has 2 N–H and O–H groups in total. The summed E-state index contributed by atoms with van der Waals surface area (Å²) in [5.41, 5.74) is 0.896. The largest absolute Gasteiger partial charge is 0.304 e. The molecule has 0 aliphatic carbocycles. The molecule has 56 valence electrons. The van der Waals surface area contributed by atoms with Crippen molar-refractivity contribution in [2.45, 2.75) is 6.42 Å². The molecule has 0 saturated carbocycles. The van der Waals surface area contributed by atoms with E-state index in [1.807, 2.05) is 13.2 Å². The number of aromatic nitrogens is 3. The van der Waals surface area contributed by atoms with E-state index in [2.05, 4.69) is 15.1 Å². The van der Waals surface area contributed by atoms with Crippen molar-refractivity contribution in [2.75, 3.05) is 6.61 Å². The van der Waals surface area contributed by atoms with E-state index in [1.165, 1.54) is 0 Å². The molecule has 1 heterocycles. The van der Waals surface area contributed by atoms with Crippen molar-refractivity contribution in [3.8, 4) is 0 Å². The molecule has 1 rings (SSSR count). The van der Waals surface area contributed by atoms with E-state index >= 15 is 0 Å². The third-order valence-corrected chi connectivity index (χ3v) is 1.13. The Labute approximate surface area is 58.7 Å². The van der Waals surface area contributed by atoms with Gasteiger partial charge in [0.15, 0.2) is 0 Å². The van der Waals surface area contributed by atoms with Gasteiger partial charge in [-0.05, 0) is 0 Å². The monoisotopic (exact) mass is 142 g/mol. The molecule has 10 heavy (non-hydrogen) atoms. The lowest BCUT2D eigenvalue weighted by atomic mass is 10.4. The van der Waals surface area contributed by atoms with Crippen molar-refractivity contribution in [3.63, 3.8) is 0 Å². The third-order valence-electron chi connectivity index (χ3n) is 1.13. The van der Waals surface area contributed by atoms with Crippen molar-refractivity contribution in [1.29, 1.82) is 0 Å². The summed E-state index contributed by atoms with van der Waals surface area (Å²) in [6.45, 7) is 0.485. The van der Waals surface area contributed by atoms with Gasteiger partial charge in [-0.15, -0.1) is 5.10 Å². The molecule has 0 aliphatic heterocycles. The molecular weight excluding hydrogens is 132 g/mol. The summed E-state index contributed by atoms with van der Waals surface area (Å²) in [4.78, 5) is 4.38. The molecule has 1 aromatic rings. The Bertz CT molecular complexity index is 197. The summed E-state index contributed by atoms with van der Waals surface area (Å²) in [6.07, 6.45) is 2.54. The van der Waals surface area contributed by atoms with Gasteiger partial charge in [-0.1, -0.05) is 5.21 Å². The number of aryl methyl sites for hydroxylation is 1. The smallest absolute Gasteiger partial charge is 0.0850 e. The highest BCUT2D eigenvalue weighted by Gasteiger charge is 1.95. The molecular formula is C5H10N4O. The van der Waals surface area contributed by atoms with Crippen LogP contribution in [0, 0.1) is 0 Å². The molecule has 0 spiro atoms. The highest BCUT2D eigenvalue weighted by atomic mass is 16.6. The van der Waals surface area contributed by atoms with Gasteiger partial charge >= 0.3 is 0 Å². The highest BCUT2D eigenvalue weighted by Crippen LogP contribution is 1.91. The molecule has 0 fully saturated rings. The van der Waals surface area contributed by atoms with Crippen LogP contribution in [0.15, 0.2) is 6.20 Å². The van der Waals surface area contributed by atoms with Gasteiger partial charge in [0.25, 0.3) is 0 Å². The van der Waals surface area contributed by atoms with E-state index in [4.69, 9.17) is 5.90 Å². The predicted molar refractivity (Wildman–Crippen MR) is 34.8 cm³/mol. The van der Waals surface area contributed by atoms with E-state index in [1.54, 1.807) is 4.68 Å². The van der Waals surface area contributed by atoms with Gasteiger partial charge in [0.2, 0.25) is 0 Å². The van der Waals surface area contributed by atoms with Crippen molar-refractivity contribution >= 4 is 0 Å². The quantitative estimate of drug-likeness (QED) is 0.564. The van der Waals surface area contributed by atoms with Crippen molar-refractivity contribution in [1.82, 2.24) is 15.0 Å². The summed E-state index contributed by atoms with van der Waals surface area (Å²) in [7, 11) is 1.82. The summed E-state index contributed by atoms with van der Waals surface area (Å²) < 4.78 is 1.64. The van der Waals surface area contributed by atoms with Gasteiger partial charge in [0.1, 0.15) is 0 Å². The molecule has 5 nitrogen and oxygen atoms in total. The van der Waals surface area contributed by atoms with Gasteiger partial charge in [-0.3, -0.25) is 4.68 Å². The molecule has 0 saturated heterocycles. The summed E-state index contributed by atoms with van der Waals surface area (Å²) in [5.74, 6) is 4.83. The van der Waals surface area contributed by atoms with E-state index in [-0.39, 0.29) is 0 Å². The van der Waals surface area contributed by atoms with Crippen molar-refractivity contribution < 1.29 is 4.84 Å². The SMILES string of the molecule is Cn1cc(CCON)nn1. The second-order valence-corrected chi connectivity index (χ2v) is 2.00. The molecule has 5 heteroatoms.